The molecule has 12 heavy (non-hydrogen) atoms. The van der Waals surface area contributed by atoms with Crippen molar-refractivity contribution in [2.24, 2.45) is 0 Å². The molecular formula is C10H12OS. The van der Waals surface area contributed by atoms with E-state index in [1.165, 1.54) is 0 Å². The number of methoxy groups -OCH3 is 1. The summed E-state index contributed by atoms with van der Waals surface area (Å²) in [5.41, 5.74) is 1.12. The summed E-state index contributed by atoms with van der Waals surface area (Å²) in [6.07, 6.45) is 0.918. The minimum absolute atomic E-state index is 0.873. The van der Waals surface area contributed by atoms with Gasteiger partial charge in [-0.2, -0.15) is 0 Å². The minimum atomic E-state index is 0.873. The zero-order valence-corrected chi connectivity index (χ0v) is 8.15. The average Bonchev–Trinajstić information content (AvgIpc) is 2.17. The molecule has 0 fully saturated rings. The summed E-state index contributed by atoms with van der Waals surface area (Å²) in [5.74, 6) is 0.873. The molecule has 0 spiro atoms. The fraction of sp³-hybridized carbons (Fsp3) is 0.300. The molecule has 0 saturated carbocycles. The molecule has 0 amide bonds. The number of hydrogen-bond donors (Lipinski definition) is 0. The van der Waals surface area contributed by atoms with Gasteiger partial charge in [-0.05, 0) is 24.1 Å². The van der Waals surface area contributed by atoms with Crippen LogP contribution < -0.4 is 4.74 Å². The predicted octanol–water partition coefficient (Wildman–Crippen LogP) is 2.82. The first-order valence-electron chi connectivity index (χ1n) is 3.95. The van der Waals surface area contributed by atoms with Gasteiger partial charge in [0.05, 0.1) is 7.11 Å². The first-order chi connectivity index (χ1) is 5.77. The quantitative estimate of drug-likeness (QED) is 0.522. The lowest BCUT2D eigenvalue weighted by atomic mass is 10.1. The fourth-order valence-corrected chi connectivity index (χ4v) is 1.12. The average molecular weight is 180 g/mol. The van der Waals surface area contributed by atoms with Gasteiger partial charge >= 0.3 is 0 Å². The summed E-state index contributed by atoms with van der Waals surface area (Å²) in [6, 6.07) is 7.84. The molecular weight excluding hydrogens is 168 g/mol. The van der Waals surface area contributed by atoms with E-state index in [-0.39, 0.29) is 0 Å². The summed E-state index contributed by atoms with van der Waals surface area (Å²) in [5, 5.41) is 0. The van der Waals surface area contributed by atoms with Gasteiger partial charge < -0.3 is 4.74 Å². The van der Waals surface area contributed by atoms with E-state index in [0.717, 1.165) is 22.6 Å². The van der Waals surface area contributed by atoms with Crippen LogP contribution in [0.3, 0.4) is 0 Å². The molecule has 0 unspecified atom stereocenters. The molecule has 0 atom stereocenters. The van der Waals surface area contributed by atoms with Crippen LogP contribution in [0.15, 0.2) is 24.3 Å². The van der Waals surface area contributed by atoms with Crippen LogP contribution in [0, 0.1) is 0 Å². The summed E-state index contributed by atoms with van der Waals surface area (Å²) >= 11 is 5.16. The number of ether oxygens (including phenoxy) is 1. The number of rotatable bonds is 3. The first-order valence-corrected chi connectivity index (χ1v) is 4.36. The summed E-state index contributed by atoms with van der Waals surface area (Å²) in [4.78, 5) is 0.998. The fourth-order valence-electron chi connectivity index (χ4n) is 0.981. The van der Waals surface area contributed by atoms with Gasteiger partial charge in [0.25, 0.3) is 0 Å². The maximum atomic E-state index is 5.16. The minimum Gasteiger partial charge on any atom is -0.497 e. The van der Waals surface area contributed by atoms with Gasteiger partial charge in [0, 0.05) is 4.86 Å². The van der Waals surface area contributed by atoms with Crippen LogP contribution in [0.4, 0.5) is 0 Å². The molecule has 1 aromatic carbocycles. The Bertz CT molecular complexity index is 264. The molecule has 2 heteroatoms. The number of thiocarbonyl (C=S) groups is 1. The van der Waals surface area contributed by atoms with Crippen molar-refractivity contribution in [2.75, 3.05) is 7.11 Å². The van der Waals surface area contributed by atoms with Gasteiger partial charge in [0.1, 0.15) is 5.75 Å². The predicted molar refractivity (Wildman–Crippen MR) is 55.0 cm³/mol. The molecule has 1 nitrogen and oxygen atoms in total. The molecule has 0 N–H and O–H groups in total. The lowest BCUT2D eigenvalue weighted by molar-refractivity contribution is 0.415. The normalized spacial score (nSPS) is 9.50. The molecule has 0 radical (unpaired) electrons. The zero-order chi connectivity index (χ0) is 8.97. The molecule has 0 bridgehead atoms. The third-order valence-electron chi connectivity index (χ3n) is 1.73. The smallest absolute Gasteiger partial charge is 0.118 e. The Kier molecular flexibility index (Phi) is 3.23. The highest BCUT2D eigenvalue weighted by molar-refractivity contribution is 7.80. The Hall–Kier alpha value is -0.890. The van der Waals surface area contributed by atoms with Gasteiger partial charge in [-0.15, -0.1) is 0 Å². The van der Waals surface area contributed by atoms with Gasteiger partial charge in [0.15, 0.2) is 0 Å². The van der Waals surface area contributed by atoms with Crippen molar-refractivity contribution in [2.45, 2.75) is 13.3 Å². The molecule has 1 aromatic rings. The molecule has 0 aliphatic rings. The molecule has 0 aliphatic carbocycles. The SMILES string of the molecule is CCC(=S)c1ccc(OC)cc1. The van der Waals surface area contributed by atoms with E-state index in [2.05, 4.69) is 6.92 Å². The Balaban J connectivity index is 2.84. The van der Waals surface area contributed by atoms with E-state index >= 15 is 0 Å². The molecule has 0 aliphatic heterocycles. The molecule has 1 rings (SSSR count). The van der Waals surface area contributed by atoms with E-state index in [1.54, 1.807) is 7.11 Å². The lowest BCUT2D eigenvalue weighted by Gasteiger charge is -2.02. The second kappa shape index (κ2) is 4.21. The Morgan fingerprint density at radius 1 is 1.33 bits per heavy atom. The largest absolute Gasteiger partial charge is 0.497 e. The zero-order valence-electron chi connectivity index (χ0n) is 7.33. The molecule has 0 aromatic heterocycles. The van der Waals surface area contributed by atoms with Crippen molar-refractivity contribution in [3.63, 3.8) is 0 Å². The van der Waals surface area contributed by atoms with Crippen LogP contribution in [0.5, 0.6) is 5.75 Å². The second-order valence-electron chi connectivity index (χ2n) is 2.51. The van der Waals surface area contributed by atoms with E-state index in [9.17, 15) is 0 Å². The van der Waals surface area contributed by atoms with Crippen LogP contribution in [0.1, 0.15) is 18.9 Å². The molecule has 0 heterocycles. The summed E-state index contributed by atoms with van der Waals surface area (Å²) in [6.45, 7) is 2.06. The van der Waals surface area contributed by atoms with Crippen molar-refractivity contribution in [3.05, 3.63) is 29.8 Å². The van der Waals surface area contributed by atoms with Gasteiger partial charge in [-0.1, -0.05) is 31.3 Å². The standard InChI is InChI=1S/C10H12OS/c1-3-10(12)8-4-6-9(11-2)7-5-8/h4-7H,3H2,1-2H3. The Morgan fingerprint density at radius 2 is 1.92 bits per heavy atom. The third kappa shape index (κ3) is 2.05. The van der Waals surface area contributed by atoms with Crippen molar-refractivity contribution >= 4 is 17.1 Å². The van der Waals surface area contributed by atoms with Gasteiger partial charge in [0.2, 0.25) is 0 Å². The number of benzene rings is 1. The van der Waals surface area contributed by atoms with E-state index in [4.69, 9.17) is 17.0 Å². The van der Waals surface area contributed by atoms with Crippen LogP contribution in [0.25, 0.3) is 0 Å². The van der Waals surface area contributed by atoms with Crippen molar-refractivity contribution in [3.8, 4) is 5.75 Å². The van der Waals surface area contributed by atoms with Crippen molar-refractivity contribution in [1.82, 2.24) is 0 Å². The molecule has 64 valence electrons. The van der Waals surface area contributed by atoms with Gasteiger partial charge in [-0.3, -0.25) is 0 Å². The van der Waals surface area contributed by atoms with Crippen molar-refractivity contribution in [1.29, 1.82) is 0 Å². The number of hydrogen-bond acceptors (Lipinski definition) is 2. The maximum Gasteiger partial charge on any atom is 0.118 e. The van der Waals surface area contributed by atoms with Crippen LogP contribution in [0.2, 0.25) is 0 Å². The summed E-state index contributed by atoms with van der Waals surface area (Å²) < 4.78 is 5.04. The van der Waals surface area contributed by atoms with Crippen LogP contribution in [-0.2, 0) is 0 Å². The topological polar surface area (TPSA) is 9.23 Å². The maximum absolute atomic E-state index is 5.16. The Morgan fingerprint density at radius 3 is 2.33 bits per heavy atom. The van der Waals surface area contributed by atoms with Crippen molar-refractivity contribution < 1.29 is 4.74 Å². The van der Waals surface area contributed by atoms with Gasteiger partial charge in [-0.25, -0.2) is 0 Å². The first kappa shape index (κ1) is 9.20. The van der Waals surface area contributed by atoms with Crippen LogP contribution in [-0.4, -0.2) is 12.0 Å². The third-order valence-corrected chi connectivity index (χ3v) is 2.26. The van der Waals surface area contributed by atoms with E-state index < -0.39 is 0 Å². The molecule has 0 saturated heterocycles. The highest BCUT2D eigenvalue weighted by Crippen LogP contribution is 2.12. The van der Waals surface area contributed by atoms with Crippen LogP contribution >= 0.6 is 12.2 Å². The lowest BCUT2D eigenvalue weighted by Crippen LogP contribution is -1.93. The Labute approximate surface area is 78.4 Å². The summed E-state index contributed by atoms with van der Waals surface area (Å²) in [7, 11) is 1.66. The highest BCUT2D eigenvalue weighted by Gasteiger charge is 1.97. The highest BCUT2D eigenvalue weighted by atomic mass is 32.1. The van der Waals surface area contributed by atoms with E-state index in [0.29, 0.717) is 0 Å². The monoisotopic (exact) mass is 180 g/mol. The van der Waals surface area contributed by atoms with E-state index in [1.807, 2.05) is 24.3 Å². The second-order valence-corrected chi connectivity index (χ2v) is 3.00.